The molecule has 1 heterocycles. The highest BCUT2D eigenvalue weighted by atomic mass is 16.2. The van der Waals surface area contributed by atoms with Gasteiger partial charge in [-0.25, -0.2) is 0 Å². The number of rotatable bonds is 7. The number of hydrogen-bond acceptors (Lipinski definition) is 3. The third-order valence-corrected chi connectivity index (χ3v) is 3.66. The van der Waals surface area contributed by atoms with Crippen LogP contribution in [-0.4, -0.2) is 61.5 Å². The molecule has 0 aliphatic carbocycles. The van der Waals surface area contributed by atoms with Gasteiger partial charge < -0.3 is 10.2 Å². The fourth-order valence-electron chi connectivity index (χ4n) is 2.59. The summed E-state index contributed by atoms with van der Waals surface area (Å²) in [5, 5.41) is 3.36. The number of nitrogens with zero attached hydrogens (tertiary/aromatic N) is 2. The van der Waals surface area contributed by atoms with Crippen molar-refractivity contribution in [1.82, 2.24) is 15.1 Å². The molecule has 1 rings (SSSR count). The van der Waals surface area contributed by atoms with Crippen molar-refractivity contribution in [3.05, 3.63) is 0 Å². The van der Waals surface area contributed by atoms with Gasteiger partial charge in [0.05, 0.1) is 6.54 Å². The summed E-state index contributed by atoms with van der Waals surface area (Å²) in [5.41, 5.74) is 0. The van der Waals surface area contributed by atoms with Gasteiger partial charge in [-0.3, -0.25) is 9.69 Å². The van der Waals surface area contributed by atoms with Crippen molar-refractivity contribution in [2.75, 3.05) is 39.8 Å². The Bertz CT molecular complexity index is 233. The zero-order valence-corrected chi connectivity index (χ0v) is 12.2. The van der Waals surface area contributed by atoms with Crippen molar-refractivity contribution in [2.45, 2.75) is 45.6 Å². The van der Waals surface area contributed by atoms with E-state index in [9.17, 15) is 4.79 Å². The molecule has 4 heteroatoms. The summed E-state index contributed by atoms with van der Waals surface area (Å²) in [6.07, 6.45) is 4.41. The summed E-state index contributed by atoms with van der Waals surface area (Å²) in [4.78, 5) is 16.5. The van der Waals surface area contributed by atoms with E-state index >= 15 is 0 Å². The van der Waals surface area contributed by atoms with Gasteiger partial charge >= 0.3 is 0 Å². The lowest BCUT2D eigenvalue weighted by atomic mass is 10.1. The molecule has 0 radical (unpaired) electrons. The van der Waals surface area contributed by atoms with E-state index in [1.165, 1.54) is 0 Å². The molecule has 4 nitrogen and oxygen atoms in total. The molecule has 0 atom stereocenters. The highest BCUT2D eigenvalue weighted by Gasteiger charge is 2.21. The van der Waals surface area contributed by atoms with Gasteiger partial charge in [-0.15, -0.1) is 0 Å². The SMILES string of the molecule is CCCN(CCC)C(=O)CN(C)C1CCNCC1. The monoisotopic (exact) mass is 255 g/mol. The molecule has 0 aromatic rings. The van der Waals surface area contributed by atoms with Gasteiger partial charge in [0.1, 0.15) is 0 Å². The van der Waals surface area contributed by atoms with Crippen LogP contribution in [0.4, 0.5) is 0 Å². The zero-order valence-electron chi connectivity index (χ0n) is 12.2. The smallest absolute Gasteiger partial charge is 0.236 e. The molecule has 0 unspecified atom stereocenters. The fourth-order valence-corrected chi connectivity index (χ4v) is 2.59. The minimum Gasteiger partial charge on any atom is -0.342 e. The number of nitrogens with one attached hydrogen (secondary N) is 1. The van der Waals surface area contributed by atoms with Crippen molar-refractivity contribution in [2.24, 2.45) is 0 Å². The van der Waals surface area contributed by atoms with Crippen LogP contribution in [0.2, 0.25) is 0 Å². The molecule has 1 aliphatic heterocycles. The third-order valence-electron chi connectivity index (χ3n) is 3.66. The first-order valence-corrected chi connectivity index (χ1v) is 7.37. The van der Waals surface area contributed by atoms with Gasteiger partial charge in [0.15, 0.2) is 0 Å². The first kappa shape index (κ1) is 15.4. The summed E-state index contributed by atoms with van der Waals surface area (Å²) in [6.45, 7) is 8.79. The number of likely N-dealkylation sites (N-methyl/N-ethyl adjacent to an activating group) is 1. The molecule has 106 valence electrons. The van der Waals surface area contributed by atoms with Crippen LogP contribution >= 0.6 is 0 Å². The van der Waals surface area contributed by atoms with Crippen molar-refractivity contribution in [3.8, 4) is 0 Å². The Kier molecular flexibility index (Phi) is 7.28. The molecule has 0 saturated carbocycles. The second-order valence-electron chi connectivity index (χ2n) is 5.28. The van der Waals surface area contributed by atoms with Crippen molar-refractivity contribution < 1.29 is 4.79 Å². The van der Waals surface area contributed by atoms with Gasteiger partial charge in [-0.05, 0) is 45.8 Å². The van der Waals surface area contributed by atoms with Crippen LogP contribution in [0.5, 0.6) is 0 Å². The van der Waals surface area contributed by atoms with E-state index in [1.807, 2.05) is 4.90 Å². The normalized spacial score (nSPS) is 17.1. The van der Waals surface area contributed by atoms with E-state index < -0.39 is 0 Å². The van der Waals surface area contributed by atoms with E-state index in [2.05, 4.69) is 31.1 Å². The maximum Gasteiger partial charge on any atom is 0.236 e. The van der Waals surface area contributed by atoms with E-state index in [-0.39, 0.29) is 0 Å². The Morgan fingerprint density at radius 3 is 2.22 bits per heavy atom. The van der Waals surface area contributed by atoms with Crippen LogP contribution in [0.15, 0.2) is 0 Å². The molecule has 1 amide bonds. The lowest BCUT2D eigenvalue weighted by Gasteiger charge is -2.32. The Morgan fingerprint density at radius 2 is 1.72 bits per heavy atom. The van der Waals surface area contributed by atoms with E-state index in [0.717, 1.165) is 51.9 Å². The molecule has 1 saturated heterocycles. The van der Waals surface area contributed by atoms with Crippen LogP contribution in [0.3, 0.4) is 0 Å². The van der Waals surface area contributed by atoms with Gasteiger partial charge in [0, 0.05) is 19.1 Å². The van der Waals surface area contributed by atoms with E-state index in [0.29, 0.717) is 18.5 Å². The Hall–Kier alpha value is -0.610. The van der Waals surface area contributed by atoms with Crippen LogP contribution < -0.4 is 5.32 Å². The second-order valence-corrected chi connectivity index (χ2v) is 5.28. The van der Waals surface area contributed by atoms with Crippen LogP contribution in [0.1, 0.15) is 39.5 Å². The van der Waals surface area contributed by atoms with E-state index in [4.69, 9.17) is 0 Å². The second kappa shape index (κ2) is 8.48. The Balaban J connectivity index is 2.40. The molecule has 0 spiro atoms. The maximum absolute atomic E-state index is 12.2. The standard InChI is InChI=1S/C14H29N3O/c1-4-10-17(11-5-2)14(18)12-16(3)13-6-8-15-9-7-13/h13,15H,4-12H2,1-3H3. The van der Waals surface area contributed by atoms with Gasteiger partial charge in [-0.2, -0.15) is 0 Å². The molecule has 1 aliphatic rings. The average Bonchev–Trinajstić information content (AvgIpc) is 2.39. The summed E-state index contributed by atoms with van der Waals surface area (Å²) < 4.78 is 0. The summed E-state index contributed by atoms with van der Waals surface area (Å²) >= 11 is 0. The highest BCUT2D eigenvalue weighted by Crippen LogP contribution is 2.10. The molecule has 1 N–H and O–H groups in total. The molecular formula is C14H29N3O. The van der Waals surface area contributed by atoms with Gasteiger partial charge in [0.2, 0.25) is 5.91 Å². The zero-order chi connectivity index (χ0) is 13.4. The minimum absolute atomic E-state index is 0.291. The van der Waals surface area contributed by atoms with Crippen molar-refractivity contribution in [3.63, 3.8) is 0 Å². The number of hydrogen-bond donors (Lipinski definition) is 1. The third kappa shape index (κ3) is 4.94. The predicted octanol–water partition coefficient (Wildman–Crippen LogP) is 1.32. The quantitative estimate of drug-likeness (QED) is 0.745. The minimum atomic E-state index is 0.291. The molecule has 0 aromatic heterocycles. The van der Waals surface area contributed by atoms with Crippen LogP contribution in [-0.2, 0) is 4.79 Å². The molecular weight excluding hydrogens is 226 g/mol. The summed E-state index contributed by atoms with van der Waals surface area (Å²) in [6, 6.07) is 0.570. The van der Waals surface area contributed by atoms with Crippen molar-refractivity contribution >= 4 is 5.91 Å². The van der Waals surface area contributed by atoms with Crippen LogP contribution in [0, 0.1) is 0 Å². The Labute approximate surface area is 112 Å². The fraction of sp³-hybridized carbons (Fsp3) is 0.929. The number of piperidine rings is 1. The largest absolute Gasteiger partial charge is 0.342 e. The number of carbonyl (C=O) groups excluding carboxylic acids is 1. The average molecular weight is 255 g/mol. The predicted molar refractivity (Wildman–Crippen MR) is 75.7 cm³/mol. The number of carbonyl (C=O) groups is 1. The number of amides is 1. The topological polar surface area (TPSA) is 35.6 Å². The maximum atomic E-state index is 12.2. The molecule has 1 fully saturated rings. The lowest BCUT2D eigenvalue weighted by Crippen LogP contribution is -2.46. The molecule has 18 heavy (non-hydrogen) atoms. The van der Waals surface area contributed by atoms with Crippen molar-refractivity contribution in [1.29, 1.82) is 0 Å². The first-order valence-electron chi connectivity index (χ1n) is 7.37. The first-order chi connectivity index (χ1) is 8.69. The summed E-state index contributed by atoms with van der Waals surface area (Å²) in [5.74, 6) is 0.291. The Morgan fingerprint density at radius 1 is 1.17 bits per heavy atom. The molecule has 0 aromatic carbocycles. The van der Waals surface area contributed by atoms with Gasteiger partial charge in [0.25, 0.3) is 0 Å². The lowest BCUT2D eigenvalue weighted by molar-refractivity contribution is -0.132. The highest BCUT2D eigenvalue weighted by molar-refractivity contribution is 5.78. The molecule has 0 bridgehead atoms. The van der Waals surface area contributed by atoms with Crippen LogP contribution in [0.25, 0.3) is 0 Å². The van der Waals surface area contributed by atoms with Gasteiger partial charge in [-0.1, -0.05) is 13.8 Å². The summed E-state index contributed by atoms with van der Waals surface area (Å²) in [7, 11) is 2.09. The van der Waals surface area contributed by atoms with E-state index in [1.54, 1.807) is 0 Å².